The first-order valence-electron chi connectivity index (χ1n) is 6.16. The number of carbonyl (C=O) groups excluding carboxylic acids is 2. The van der Waals surface area contributed by atoms with Crippen LogP contribution in [-0.4, -0.2) is 35.5 Å². The number of nitrogens with zero attached hydrogens (tertiary/aromatic N) is 1. The molecule has 0 saturated carbocycles. The molecule has 7 heteroatoms. The number of hydrogen-bond donors (Lipinski definition) is 3. The molecule has 20 heavy (non-hydrogen) atoms. The third-order valence-corrected chi connectivity index (χ3v) is 3.02. The Balaban J connectivity index is 2.17. The maximum absolute atomic E-state index is 12.2. The first-order valence-corrected chi connectivity index (χ1v) is 6.16. The topological polar surface area (TPSA) is 113 Å². The van der Waals surface area contributed by atoms with Crippen LogP contribution in [0.5, 0.6) is 0 Å². The third-order valence-electron chi connectivity index (χ3n) is 3.02. The van der Waals surface area contributed by atoms with E-state index in [1.165, 1.54) is 4.90 Å². The zero-order chi connectivity index (χ0) is 14.7. The lowest BCUT2D eigenvalue weighted by molar-refractivity contribution is -0.137. The quantitative estimate of drug-likeness (QED) is 0.725. The van der Waals surface area contributed by atoms with Crippen LogP contribution in [0.2, 0.25) is 0 Å². The van der Waals surface area contributed by atoms with Crippen LogP contribution >= 0.6 is 0 Å². The Labute approximate surface area is 115 Å². The highest BCUT2D eigenvalue weighted by atomic mass is 16.4. The number of carboxylic acids is 1. The summed E-state index contributed by atoms with van der Waals surface area (Å²) < 4.78 is 0. The van der Waals surface area contributed by atoms with Gasteiger partial charge in [-0.2, -0.15) is 0 Å². The van der Waals surface area contributed by atoms with Crippen molar-refractivity contribution in [1.29, 1.82) is 0 Å². The van der Waals surface area contributed by atoms with Crippen molar-refractivity contribution in [2.45, 2.75) is 18.9 Å². The zero-order valence-electron chi connectivity index (χ0n) is 10.7. The van der Waals surface area contributed by atoms with Gasteiger partial charge in [0.05, 0.1) is 17.4 Å². The number of anilines is 2. The minimum absolute atomic E-state index is 0.0362. The molecule has 1 atom stereocenters. The summed E-state index contributed by atoms with van der Waals surface area (Å²) in [7, 11) is 0. The highest BCUT2D eigenvalue weighted by Crippen LogP contribution is 2.29. The van der Waals surface area contributed by atoms with Crippen LogP contribution in [0, 0.1) is 0 Å². The van der Waals surface area contributed by atoms with E-state index in [1.54, 1.807) is 24.3 Å². The molecule has 0 radical (unpaired) electrons. The first kappa shape index (κ1) is 14.0. The molecule has 2 rings (SSSR count). The van der Waals surface area contributed by atoms with Gasteiger partial charge >= 0.3 is 5.97 Å². The van der Waals surface area contributed by atoms with Crippen molar-refractivity contribution in [3.63, 3.8) is 0 Å². The minimum Gasteiger partial charge on any atom is -0.481 e. The molecule has 1 heterocycles. The number of carboxylic acid groups (broad SMARTS) is 1. The summed E-state index contributed by atoms with van der Waals surface area (Å²) in [6.07, 6.45) is -0.150. The van der Waals surface area contributed by atoms with E-state index in [4.69, 9.17) is 10.8 Å². The van der Waals surface area contributed by atoms with Gasteiger partial charge in [-0.25, -0.2) is 0 Å². The molecule has 1 aliphatic rings. The van der Waals surface area contributed by atoms with Crippen molar-refractivity contribution in [3.05, 3.63) is 24.3 Å². The molecular weight excluding hydrogens is 262 g/mol. The third kappa shape index (κ3) is 2.94. The second kappa shape index (κ2) is 5.70. The van der Waals surface area contributed by atoms with Gasteiger partial charge in [0.15, 0.2) is 0 Å². The van der Waals surface area contributed by atoms with E-state index in [-0.39, 0.29) is 25.3 Å². The number of fused-ring (bicyclic) bond motifs is 1. The fourth-order valence-corrected chi connectivity index (χ4v) is 2.03. The fraction of sp³-hybridized carbons (Fsp3) is 0.308. The van der Waals surface area contributed by atoms with E-state index in [0.717, 1.165) is 0 Å². The minimum atomic E-state index is -1.01. The van der Waals surface area contributed by atoms with Gasteiger partial charge in [0, 0.05) is 6.42 Å². The van der Waals surface area contributed by atoms with Crippen LogP contribution in [0.3, 0.4) is 0 Å². The Morgan fingerprint density at radius 3 is 2.80 bits per heavy atom. The van der Waals surface area contributed by atoms with Gasteiger partial charge in [-0.15, -0.1) is 0 Å². The number of amides is 2. The Morgan fingerprint density at radius 2 is 2.10 bits per heavy atom. The Morgan fingerprint density at radius 1 is 1.40 bits per heavy atom. The smallest absolute Gasteiger partial charge is 0.303 e. The maximum atomic E-state index is 12.2. The monoisotopic (exact) mass is 277 g/mol. The molecule has 0 bridgehead atoms. The number of para-hydroxylation sites is 2. The molecule has 2 amide bonds. The number of aliphatic carboxylic acids is 1. The predicted octanol–water partition coefficient (Wildman–Crippen LogP) is 0.164. The molecule has 106 valence electrons. The molecule has 7 nitrogen and oxygen atoms in total. The lowest BCUT2D eigenvalue weighted by Gasteiger charge is -2.30. The van der Waals surface area contributed by atoms with Gasteiger partial charge in [0.2, 0.25) is 11.8 Å². The summed E-state index contributed by atoms with van der Waals surface area (Å²) >= 11 is 0. The lowest BCUT2D eigenvalue weighted by atomic mass is 10.1. The predicted molar refractivity (Wildman–Crippen MR) is 72.3 cm³/mol. The van der Waals surface area contributed by atoms with Crippen LogP contribution in [0.25, 0.3) is 0 Å². The van der Waals surface area contributed by atoms with Crippen LogP contribution < -0.4 is 16.0 Å². The van der Waals surface area contributed by atoms with E-state index in [0.29, 0.717) is 11.4 Å². The molecule has 1 aromatic rings. The van der Waals surface area contributed by atoms with Crippen molar-refractivity contribution in [1.82, 2.24) is 0 Å². The van der Waals surface area contributed by atoms with Gasteiger partial charge in [-0.05, 0) is 18.6 Å². The first-order chi connectivity index (χ1) is 9.49. The molecule has 0 spiro atoms. The summed E-state index contributed by atoms with van der Waals surface area (Å²) in [5.74, 6) is -1.76. The molecule has 0 fully saturated rings. The van der Waals surface area contributed by atoms with Crippen molar-refractivity contribution < 1.29 is 19.5 Å². The molecule has 0 aliphatic carbocycles. The van der Waals surface area contributed by atoms with Gasteiger partial charge in [0.1, 0.15) is 6.54 Å². The standard InChI is InChI=1S/C13H15N3O4/c14-8(5-6-12(18)19)13(20)16-7-11(17)15-9-3-1-2-4-10(9)16/h1-4,8H,5-7,14H2,(H,15,17)(H,18,19). The van der Waals surface area contributed by atoms with E-state index < -0.39 is 17.9 Å². The van der Waals surface area contributed by atoms with Crippen molar-refractivity contribution in [3.8, 4) is 0 Å². The van der Waals surface area contributed by atoms with Gasteiger partial charge in [-0.1, -0.05) is 12.1 Å². The molecule has 1 aliphatic heterocycles. The number of benzene rings is 1. The molecule has 1 aromatic carbocycles. The number of carbonyl (C=O) groups is 3. The molecule has 1 unspecified atom stereocenters. The summed E-state index contributed by atoms with van der Waals surface area (Å²) in [4.78, 5) is 35.6. The zero-order valence-corrected chi connectivity index (χ0v) is 10.7. The average molecular weight is 277 g/mol. The number of rotatable bonds is 4. The summed E-state index contributed by atoms with van der Waals surface area (Å²) in [5, 5.41) is 11.3. The fourth-order valence-electron chi connectivity index (χ4n) is 2.03. The van der Waals surface area contributed by atoms with Gasteiger partial charge in [-0.3, -0.25) is 19.3 Å². The number of hydrogen-bond acceptors (Lipinski definition) is 4. The van der Waals surface area contributed by atoms with Crippen LogP contribution in [0.4, 0.5) is 11.4 Å². The van der Waals surface area contributed by atoms with Crippen molar-refractivity contribution >= 4 is 29.2 Å². The highest BCUT2D eigenvalue weighted by molar-refractivity contribution is 6.11. The molecule has 4 N–H and O–H groups in total. The second-order valence-electron chi connectivity index (χ2n) is 4.53. The summed E-state index contributed by atoms with van der Waals surface area (Å²) in [5.41, 5.74) is 6.83. The average Bonchev–Trinajstić information content (AvgIpc) is 2.42. The SMILES string of the molecule is NC(CCC(=O)O)C(=O)N1CC(=O)Nc2ccccc21. The Kier molecular flexibility index (Phi) is 3.99. The van der Waals surface area contributed by atoms with Gasteiger partial charge < -0.3 is 16.2 Å². The summed E-state index contributed by atoms with van der Waals surface area (Å²) in [6, 6.07) is 5.95. The lowest BCUT2D eigenvalue weighted by Crippen LogP contribution is -2.49. The van der Waals surface area contributed by atoms with Crippen molar-refractivity contribution in [2.24, 2.45) is 5.73 Å². The number of nitrogens with two attached hydrogens (primary N) is 1. The normalized spacial score (nSPS) is 15.2. The second-order valence-corrected chi connectivity index (χ2v) is 4.53. The number of nitrogens with one attached hydrogen (secondary N) is 1. The van der Waals surface area contributed by atoms with E-state index in [1.807, 2.05) is 0 Å². The van der Waals surface area contributed by atoms with Gasteiger partial charge in [0.25, 0.3) is 0 Å². The van der Waals surface area contributed by atoms with Crippen molar-refractivity contribution in [2.75, 3.05) is 16.8 Å². The molecule has 0 aromatic heterocycles. The highest BCUT2D eigenvalue weighted by Gasteiger charge is 2.29. The molecule has 0 saturated heterocycles. The largest absolute Gasteiger partial charge is 0.481 e. The van der Waals surface area contributed by atoms with E-state index in [9.17, 15) is 14.4 Å². The summed E-state index contributed by atoms with van der Waals surface area (Å²) in [6.45, 7) is -0.114. The van der Waals surface area contributed by atoms with E-state index in [2.05, 4.69) is 5.32 Å². The van der Waals surface area contributed by atoms with Crippen LogP contribution in [-0.2, 0) is 14.4 Å². The Bertz CT molecular complexity index is 558. The van der Waals surface area contributed by atoms with E-state index >= 15 is 0 Å². The maximum Gasteiger partial charge on any atom is 0.303 e. The molecular formula is C13H15N3O4. The van der Waals surface area contributed by atoms with Crippen LogP contribution in [0.1, 0.15) is 12.8 Å². The van der Waals surface area contributed by atoms with Crippen LogP contribution in [0.15, 0.2) is 24.3 Å². The Hall–Kier alpha value is -2.41.